The second-order valence-electron chi connectivity index (χ2n) is 19.3. The Morgan fingerprint density at radius 2 is 0.551 bits per heavy atom. The van der Waals surface area contributed by atoms with Crippen LogP contribution in [0, 0.1) is 23.2 Å². The molecule has 1 unspecified atom stereocenters. The van der Waals surface area contributed by atoms with Crippen LogP contribution >= 0.6 is 0 Å². The molecule has 1 atom stereocenters. The summed E-state index contributed by atoms with van der Waals surface area (Å²) in [5.74, 6) is 2.34. The summed E-state index contributed by atoms with van der Waals surface area (Å²) in [6.07, 6.45) is 89.4. The largest absolute Gasteiger partial charge is 0.0808 e. The third-order valence-electron chi connectivity index (χ3n) is 12.5. The number of allylic oxidation sites excluding steroid dienone is 24. The van der Waals surface area contributed by atoms with Crippen molar-refractivity contribution in [3.05, 3.63) is 146 Å². The smallest absolute Gasteiger partial charge is 0.000389 e. The van der Waals surface area contributed by atoms with Crippen molar-refractivity contribution in [2.75, 3.05) is 0 Å². The van der Waals surface area contributed by atoms with Gasteiger partial charge in [0.15, 0.2) is 0 Å². The Morgan fingerprint density at radius 3 is 0.731 bits per heavy atom. The zero-order valence-corrected chi connectivity index (χ0v) is 52.9. The maximum atomic E-state index is 2.33. The van der Waals surface area contributed by atoms with Gasteiger partial charge in [-0.3, -0.25) is 0 Å². The van der Waals surface area contributed by atoms with Crippen LogP contribution in [0.15, 0.2) is 146 Å². The van der Waals surface area contributed by atoms with E-state index in [1.54, 1.807) is 0 Å². The normalized spacial score (nSPS) is 13.2. The van der Waals surface area contributed by atoms with Crippen molar-refractivity contribution in [2.45, 2.75) is 335 Å². The minimum absolute atomic E-state index is 0. The molecule has 6 aliphatic rings. The Labute approximate surface area is 501 Å². The summed E-state index contributed by atoms with van der Waals surface area (Å²) in [6, 6.07) is 0. The van der Waals surface area contributed by atoms with E-state index in [0.717, 1.165) is 37.5 Å². The molecule has 0 saturated carbocycles. The van der Waals surface area contributed by atoms with E-state index in [2.05, 4.69) is 222 Å². The lowest BCUT2D eigenvalue weighted by Gasteiger charge is -2.27. The van der Waals surface area contributed by atoms with Crippen molar-refractivity contribution in [1.29, 1.82) is 0 Å². The van der Waals surface area contributed by atoms with Crippen LogP contribution in [-0.4, -0.2) is 0 Å². The van der Waals surface area contributed by atoms with E-state index in [-0.39, 0.29) is 37.1 Å². The maximum absolute atomic E-state index is 2.33. The van der Waals surface area contributed by atoms with Crippen molar-refractivity contribution in [1.82, 2.24) is 0 Å². The molecule has 0 aromatic rings. The first-order chi connectivity index (χ1) is 35.8. The van der Waals surface area contributed by atoms with Gasteiger partial charge in [-0.25, -0.2) is 0 Å². The number of rotatable bonds is 23. The highest BCUT2D eigenvalue weighted by Gasteiger charge is 2.24. The predicted octanol–water partition coefficient (Wildman–Crippen LogP) is 29.9. The van der Waals surface area contributed by atoms with Gasteiger partial charge in [-0.2, -0.15) is 0 Å². The van der Waals surface area contributed by atoms with Gasteiger partial charge in [-0.15, -0.1) is 0 Å². The van der Waals surface area contributed by atoms with Crippen molar-refractivity contribution < 1.29 is 0 Å². The van der Waals surface area contributed by atoms with Gasteiger partial charge in [0, 0.05) is 5.92 Å². The van der Waals surface area contributed by atoms with Crippen molar-refractivity contribution in [3.8, 4) is 0 Å². The first kappa shape index (κ1) is 100. The zero-order valence-electron chi connectivity index (χ0n) is 52.9. The van der Waals surface area contributed by atoms with E-state index in [9.17, 15) is 0 Å². The van der Waals surface area contributed by atoms with Crippen LogP contribution in [0.4, 0.5) is 0 Å². The Morgan fingerprint density at radius 1 is 0.321 bits per heavy atom. The average molecular weight is 1090 g/mol. The van der Waals surface area contributed by atoms with E-state index in [0.29, 0.717) is 11.3 Å². The molecule has 6 rings (SSSR count). The molecule has 0 aromatic carbocycles. The molecule has 78 heavy (non-hydrogen) atoms. The molecule has 0 heteroatoms. The fraction of sp³-hybridized carbons (Fsp3) is 0.692. The lowest BCUT2D eigenvalue weighted by molar-refractivity contribution is 0.293. The second-order valence-corrected chi connectivity index (χ2v) is 19.3. The molecule has 0 saturated heterocycles. The molecule has 0 heterocycles. The summed E-state index contributed by atoms with van der Waals surface area (Å²) < 4.78 is 0. The van der Waals surface area contributed by atoms with Crippen LogP contribution in [0.5, 0.6) is 0 Å². The molecule has 0 nitrogen and oxygen atoms in total. The first-order valence-corrected chi connectivity index (χ1v) is 31.7. The topological polar surface area (TPSA) is 0 Å². The standard InChI is InChI=1S/C13H22.C10H16.3C8H18.4C5H6.3C2H6.5CH4/c1-3-5-8-12(4-2)11-13-9-6-7-10-13;1-4-10(2,3)9-7-5-6-8-9;3*1-3-5-7-8-6-4-2;4*1-2-4-5-3-1;3*1-2;;;;;/h6-7,9-10,12-13H,3-5,8,11H2,1-2H3;5-9H,4H2,1-3H3;3*3-8H2,1-2H3;4*1-4H,5H2;3*1-2H3;5*1H4. The van der Waals surface area contributed by atoms with Gasteiger partial charge in [0.1, 0.15) is 0 Å². The summed E-state index contributed by atoms with van der Waals surface area (Å²) in [7, 11) is 0. The molecule has 0 spiro atoms. The molecule has 0 amide bonds. The van der Waals surface area contributed by atoms with Crippen LogP contribution in [0.3, 0.4) is 0 Å². The first-order valence-electron chi connectivity index (χ1n) is 31.7. The Hall–Kier alpha value is -3.12. The molecule has 6 aliphatic carbocycles. The van der Waals surface area contributed by atoms with E-state index in [1.165, 1.54) is 154 Å². The molecule has 0 fully saturated rings. The molecular weight excluding hydrogens is 937 g/mol. The van der Waals surface area contributed by atoms with E-state index >= 15 is 0 Å². The van der Waals surface area contributed by atoms with Crippen LogP contribution in [0.2, 0.25) is 0 Å². The highest BCUT2D eigenvalue weighted by atomic mass is 14.3. The number of unbranched alkanes of at least 4 members (excludes halogenated alkanes) is 16. The lowest BCUT2D eigenvalue weighted by Crippen LogP contribution is -2.18. The van der Waals surface area contributed by atoms with Gasteiger partial charge in [0.2, 0.25) is 0 Å². The monoisotopic (exact) mass is 1090 g/mol. The quantitative estimate of drug-likeness (QED) is 0.0895. The van der Waals surface area contributed by atoms with Crippen molar-refractivity contribution >= 4 is 0 Å². The molecule has 0 N–H and O–H groups in total. The fourth-order valence-electron chi connectivity index (χ4n) is 7.32. The Kier molecular flexibility index (Phi) is 123. The molecule has 0 aromatic heterocycles. The van der Waals surface area contributed by atoms with E-state index in [1.807, 2.05) is 41.5 Å². The Balaban J connectivity index is -0.0000000715. The van der Waals surface area contributed by atoms with E-state index in [4.69, 9.17) is 0 Å². The van der Waals surface area contributed by atoms with Crippen LogP contribution in [-0.2, 0) is 0 Å². The summed E-state index contributed by atoms with van der Waals surface area (Å²) in [4.78, 5) is 0. The highest BCUT2D eigenvalue weighted by molar-refractivity contribution is 5.20. The van der Waals surface area contributed by atoms with Crippen LogP contribution < -0.4 is 0 Å². The van der Waals surface area contributed by atoms with Gasteiger partial charge < -0.3 is 0 Å². The van der Waals surface area contributed by atoms with Gasteiger partial charge in [-0.05, 0) is 49.4 Å². The minimum atomic E-state index is 0. The molecule has 466 valence electrons. The molecule has 0 bridgehead atoms. The predicted molar refractivity (Wildman–Crippen MR) is 382 cm³/mol. The third kappa shape index (κ3) is 89.5. The third-order valence-corrected chi connectivity index (χ3v) is 12.5. The van der Waals surface area contributed by atoms with Gasteiger partial charge in [0.05, 0.1) is 0 Å². The minimum Gasteiger partial charge on any atom is -0.0808 e. The van der Waals surface area contributed by atoms with Gasteiger partial charge in [-0.1, -0.05) is 448 Å². The SMILES string of the molecule is C.C.C.C.C.C1=CCC=C1.C1=CCC=C1.C1=CCC=C1.C1=CCC=C1.CC.CC.CC.CCC(C)(C)C1C=CC=C1.CCCCC(CC)CC1C=CC=C1.CCCCCCCC.CCCCCCCC.CCCCCCCC. The summed E-state index contributed by atoms with van der Waals surface area (Å²) in [5.41, 5.74) is 0.448. The fourth-order valence-corrected chi connectivity index (χ4v) is 7.32. The van der Waals surface area contributed by atoms with Crippen LogP contribution in [0.25, 0.3) is 0 Å². The summed E-state index contributed by atoms with van der Waals surface area (Å²) >= 11 is 0. The lowest BCUT2D eigenvalue weighted by atomic mass is 9.78. The summed E-state index contributed by atoms with van der Waals surface area (Å²) in [6.45, 7) is 37.0. The van der Waals surface area contributed by atoms with Crippen LogP contribution in [0.1, 0.15) is 335 Å². The molecular formula is C78H154. The number of hydrogen-bond donors (Lipinski definition) is 0. The van der Waals surface area contributed by atoms with Crippen molar-refractivity contribution in [2.24, 2.45) is 23.2 Å². The Bertz CT molecular complexity index is 1130. The molecule has 0 aliphatic heterocycles. The number of hydrogen-bond acceptors (Lipinski definition) is 0. The van der Waals surface area contributed by atoms with Gasteiger partial charge >= 0.3 is 0 Å². The zero-order chi connectivity index (χ0) is 56.0. The van der Waals surface area contributed by atoms with E-state index < -0.39 is 0 Å². The van der Waals surface area contributed by atoms with Gasteiger partial charge in [0.25, 0.3) is 0 Å². The summed E-state index contributed by atoms with van der Waals surface area (Å²) in [5, 5.41) is 0. The highest BCUT2D eigenvalue weighted by Crippen LogP contribution is 2.34. The molecule has 0 radical (unpaired) electrons. The second kappa shape index (κ2) is 96.2. The van der Waals surface area contributed by atoms with Crippen molar-refractivity contribution in [3.63, 3.8) is 0 Å². The average Bonchev–Trinajstić information content (AvgIpc) is 4.30. The maximum Gasteiger partial charge on any atom is 0.000389 e.